The highest BCUT2D eigenvalue weighted by molar-refractivity contribution is 7.98. The van der Waals surface area contributed by atoms with Crippen LogP contribution in [0.5, 0.6) is 0 Å². The lowest BCUT2D eigenvalue weighted by atomic mass is 10.1. The van der Waals surface area contributed by atoms with E-state index in [9.17, 15) is 19.1 Å². The number of anilines is 1. The van der Waals surface area contributed by atoms with E-state index in [1.165, 1.54) is 12.1 Å². The molecule has 1 atom stereocenters. The second-order valence-electron chi connectivity index (χ2n) is 5.08. The van der Waals surface area contributed by atoms with Gasteiger partial charge in [0.2, 0.25) is 0 Å². The lowest BCUT2D eigenvalue weighted by molar-refractivity contribution is -0.136. The monoisotopic (exact) mass is 382 g/mol. The first kappa shape index (κ1) is 19.2. The van der Waals surface area contributed by atoms with Crippen LogP contribution in [0.25, 0.3) is 0 Å². The molecule has 0 fully saturated rings. The predicted octanol–water partition coefficient (Wildman–Crippen LogP) is 2.99. The summed E-state index contributed by atoms with van der Waals surface area (Å²) in [4.78, 5) is 24.6. The van der Waals surface area contributed by atoms with Crippen molar-refractivity contribution in [1.29, 1.82) is 0 Å². The molecule has 0 aromatic heterocycles. The Bertz CT molecular complexity index is 771. The molecule has 25 heavy (non-hydrogen) atoms. The molecule has 0 saturated carbocycles. The molecule has 2 amide bonds. The van der Waals surface area contributed by atoms with Gasteiger partial charge in [0.15, 0.2) is 0 Å². The molecule has 0 saturated heterocycles. The number of aliphatic hydroxyl groups is 1. The van der Waals surface area contributed by atoms with Gasteiger partial charge < -0.3 is 15.7 Å². The summed E-state index contributed by atoms with van der Waals surface area (Å²) in [5, 5.41) is 14.5. The molecule has 2 aromatic carbocycles. The van der Waals surface area contributed by atoms with E-state index in [0.717, 1.165) is 11.0 Å². The SMILES string of the molecule is CSc1ccc([C@@H](O)CNC(=O)C(=O)Nc2ccc(F)c(Cl)c2)cc1. The molecule has 0 aliphatic heterocycles. The maximum atomic E-state index is 13.1. The van der Waals surface area contributed by atoms with Gasteiger partial charge in [-0.2, -0.15) is 0 Å². The van der Waals surface area contributed by atoms with E-state index < -0.39 is 23.7 Å². The standard InChI is InChI=1S/C17H16ClFN2O3S/c1-25-12-5-2-10(3-6-12)15(22)9-20-16(23)17(24)21-11-4-7-14(19)13(18)8-11/h2-8,15,22H,9H2,1H3,(H,20,23)(H,21,24)/t15-/m0/s1. The second kappa shape index (κ2) is 8.84. The quantitative estimate of drug-likeness (QED) is 0.548. The summed E-state index contributed by atoms with van der Waals surface area (Å²) in [5.74, 6) is -2.48. The molecular formula is C17H16ClFN2O3S. The van der Waals surface area contributed by atoms with Gasteiger partial charge in [-0.15, -0.1) is 11.8 Å². The molecule has 3 N–H and O–H groups in total. The first-order valence-corrected chi connectivity index (χ1v) is 8.87. The molecular weight excluding hydrogens is 367 g/mol. The second-order valence-corrected chi connectivity index (χ2v) is 6.37. The van der Waals surface area contributed by atoms with Gasteiger partial charge in [0.05, 0.1) is 11.1 Å². The Morgan fingerprint density at radius 3 is 2.48 bits per heavy atom. The van der Waals surface area contributed by atoms with Crippen molar-refractivity contribution in [2.45, 2.75) is 11.0 Å². The van der Waals surface area contributed by atoms with Crippen LogP contribution in [0.3, 0.4) is 0 Å². The highest BCUT2D eigenvalue weighted by Gasteiger charge is 2.16. The molecule has 0 bridgehead atoms. The van der Waals surface area contributed by atoms with Crippen molar-refractivity contribution < 1.29 is 19.1 Å². The van der Waals surface area contributed by atoms with Crippen LogP contribution in [0.15, 0.2) is 47.4 Å². The summed E-state index contributed by atoms with van der Waals surface area (Å²) >= 11 is 7.18. The van der Waals surface area contributed by atoms with Crippen molar-refractivity contribution in [2.75, 3.05) is 18.1 Å². The van der Waals surface area contributed by atoms with Crippen LogP contribution in [-0.4, -0.2) is 29.7 Å². The largest absolute Gasteiger partial charge is 0.387 e. The fraction of sp³-hybridized carbons (Fsp3) is 0.176. The van der Waals surface area contributed by atoms with Crippen LogP contribution in [0.1, 0.15) is 11.7 Å². The molecule has 0 aliphatic carbocycles. The highest BCUT2D eigenvalue weighted by atomic mass is 35.5. The first-order valence-electron chi connectivity index (χ1n) is 7.27. The zero-order chi connectivity index (χ0) is 18.4. The zero-order valence-electron chi connectivity index (χ0n) is 13.3. The lowest BCUT2D eigenvalue weighted by Crippen LogP contribution is -2.37. The lowest BCUT2D eigenvalue weighted by Gasteiger charge is -2.13. The number of rotatable bonds is 5. The molecule has 5 nitrogen and oxygen atoms in total. The predicted molar refractivity (Wildman–Crippen MR) is 96.2 cm³/mol. The average Bonchev–Trinajstić information content (AvgIpc) is 2.62. The van der Waals surface area contributed by atoms with Crippen LogP contribution in [0.2, 0.25) is 5.02 Å². The van der Waals surface area contributed by atoms with Gasteiger partial charge in [0.25, 0.3) is 0 Å². The summed E-state index contributed by atoms with van der Waals surface area (Å²) in [7, 11) is 0. The topological polar surface area (TPSA) is 78.4 Å². The molecule has 0 spiro atoms. The smallest absolute Gasteiger partial charge is 0.313 e. The molecule has 132 valence electrons. The van der Waals surface area contributed by atoms with Crippen LogP contribution in [0.4, 0.5) is 10.1 Å². The first-order chi connectivity index (χ1) is 11.9. The van der Waals surface area contributed by atoms with E-state index in [2.05, 4.69) is 10.6 Å². The summed E-state index contributed by atoms with van der Waals surface area (Å²) in [5.41, 5.74) is 0.823. The number of nitrogens with one attached hydrogen (secondary N) is 2. The van der Waals surface area contributed by atoms with Gasteiger partial charge in [-0.1, -0.05) is 23.7 Å². The summed E-state index contributed by atoms with van der Waals surface area (Å²) in [6.07, 6.45) is 1.01. The highest BCUT2D eigenvalue weighted by Crippen LogP contribution is 2.20. The summed E-state index contributed by atoms with van der Waals surface area (Å²) < 4.78 is 13.1. The number of thioether (sulfide) groups is 1. The van der Waals surface area contributed by atoms with Crippen LogP contribution < -0.4 is 10.6 Å². The molecule has 2 aromatic rings. The number of halogens is 2. The minimum Gasteiger partial charge on any atom is -0.387 e. The van der Waals surface area contributed by atoms with Crippen LogP contribution >= 0.6 is 23.4 Å². The maximum Gasteiger partial charge on any atom is 0.313 e. The Morgan fingerprint density at radius 1 is 1.20 bits per heavy atom. The Balaban J connectivity index is 1.87. The molecule has 0 unspecified atom stereocenters. The fourth-order valence-corrected chi connectivity index (χ4v) is 2.56. The van der Waals surface area contributed by atoms with E-state index >= 15 is 0 Å². The van der Waals surface area contributed by atoms with Crippen molar-refractivity contribution in [3.8, 4) is 0 Å². The normalized spacial score (nSPS) is 11.7. The van der Waals surface area contributed by atoms with Crippen molar-refractivity contribution >= 4 is 40.9 Å². The number of carbonyl (C=O) groups excluding carboxylic acids is 2. The summed E-state index contributed by atoms with van der Waals surface area (Å²) in [6, 6.07) is 10.8. The van der Waals surface area contributed by atoms with E-state index in [-0.39, 0.29) is 17.3 Å². The number of carbonyl (C=O) groups is 2. The van der Waals surface area contributed by atoms with E-state index in [0.29, 0.717) is 5.56 Å². The van der Waals surface area contributed by atoms with Crippen molar-refractivity contribution in [3.05, 3.63) is 58.9 Å². The molecule has 2 rings (SSSR count). The molecule has 0 aliphatic rings. The minimum absolute atomic E-state index is 0.116. The number of hydrogen-bond donors (Lipinski definition) is 3. The zero-order valence-corrected chi connectivity index (χ0v) is 14.8. The van der Waals surface area contributed by atoms with E-state index in [1.54, 1.807) is 23.9 Å². The maximum absolute atomic E-state index is 13.1. The Kier molecular flexibility index (Phi) is 6.81. The molecule has 8 heteroatoms. The minimum atomic E-state index is -0.937. The van der Waals surface area contributed by atoms with Crippen molar-refractivity contribution in [2.24, 2.45) is 0 Å². The van der Waals surface area contributed by atoms with Gasteiger partial charge in [0.1, 0.15) is 5.82 Å². The number of benzene rings is 2. The van der Waals surface area contributed by atoms with Gasteiger partial charge in [-0.25, -0.2) is 4.39 Å². The third kappa shape index (κ3) is 5.45. The van der Waals surface area contributed by atoms with Gasteiger partial charge >= 0.3 is 11.8 Å². The van der Waals surface area contributed by atoms with Crippen LogP contribution in [-0.2, 0) is 9.59 Å². The third-order valence-electron chi connectivity index (χ3n) is 3.34. The Morgan fingerprint density at radius 2 is 1.88 bits per heavy atom. The Labute approximate surface area is 153 Å². The number of amides is 2. The van der Waals surface area contributed by atoms with Crippen molar-refractivity contribution in [1.82, 2.24) is 5.32 Å². The summed E-state index contributed by atoms with van der Waals surface area (Å²) in [6.45, 7) is -0.116. The molecule has 0 heterocycles. The van der Waals surface area contributed by atoms with Crippen molar-refractivity contribution in [3.63, 3.8) is 0 Å². The molecule has 0 radical (unpaired) electrons. The number of aliphatic hydroxyl groups excluding tert-OH is 1. The van der Waals surface area contributed by atoms with E-state index in [4.69, 9.17) is 11.6 Å². The van der Waals surface area contributed by atoms with Gasteiger partial charge in [-0.3, -0.25) is 9.59 Å². The Hall–Kier alpha value is -2.09. The van der Waals surface area contributed by atoms with E-state index in [1.807, 2.05) is 18.4 Å². The number of hydrogen-bond acceptors (Lipinski definition) is 4. The fourth-order valence-electron chi connectivity index (χ4n) is 1.98. The average molecular weight is 383 g/mol. The third-order valence-corrected chi connectivity index (χ3v) is 4.37. The van der Waals surface area contributed by atoms with Gasteiger partial charge in [0, 0.05) is 17.1 Å². The van der Waals surface area contributed by atoms with Crippen LogP contribution in [0, 0.1) is 5.82 Å². The van der Waals surface area contributed by atoms with Gasteiger partial charge in [-0.05, 0) is 42.2 Å².